The van der Waals surface area contributed by atoms with E-state index in [2.05, 4.69) is 31.8 Å². The molecule has 13 nitrogen and oxygen atoms in total. The molecule has 0 spiro atoms. The third kappa shape index (κ3) is 6.92. The number of nitrogens with zero attached hydrogens (tertiary/aromatic N) is 5. The standard InChI is InChI=1S/C24H25N7O4.C2HF3O2/c1-2-9-29-10-3-4-16(13-29)25-22(33)19-14-31(28-27-19)17-6-5-15-12-30(24(35)18(15)11-17)20-7-8-21(32)26-23(20)34;3-2(4,5)1(6)7/h1,5-6,11,14,16,20H,3-4,7-10,12-13H2,(H,25,33)(H,26,32,34);(H,6,7). The first kappa shape index (κ1) is 30.2. The van der Waals surface area contributed by atoms with Gasteiger partial charge >= 0.3 is 12.1 Å². The summed E-state index contributed by atoms with van der Waals surface area (Å²) in [5, 5.41) is 20.5. The van der Waals surface area contributed by atoms with Gasteiger partial charge in [0.2, 0.25) is 11.8 Å². The lowest BCUT2D eigenvalue weighted by Gasteiger charge is -2.31. The van der Waals surface area contributed by atoms with E-state index in [4.69, 9.17) is 16.3 Å². The second kappa shape index (κ2) is 12.4. The fourth-order valence-electron chi connectivity index (χ4n) is 4.88. The molecule has 2 aromatic rings. The Hall–Kier alpha value is -4.78. The summed E-state index contributed by atoms with van der Waals surface area (Å²) >= 11 is 0. The molecule has 3 aliphatic heterocycles. The minimum Gasteiger partial charge on any atom is -0.475 e. The number of benzene rings is 1. The summed E-state index contributed by atoms with van der Waals surface area (Å²) in [6.07, 6.45) is 4.18. The summed E-state index contributed by atoms with van der Waals surface area (Å²) in [4.78, 5) is 62.0. The zero-order chi connectivity index (χ0) is 30.6. The maximum Gasteiger partial charge on any atom is 0.490 e. The summed E-state index contributed by atoms with van der Waals surface area (Å²) in [6, 6.07) is 4.59. The number of carboxylic acid groups (broad SMARTS) is 1. The third-order valence-corrected chi connectivity index (χ3v) is 6.90. The zero-order valence-corrected chi connectivity index (χ0v) is 22.1. The maximum absolute atomic E-state index is 13.0. The molecule has 0 bridgehead atoms. The SMILES string of the molecule is C#CCN1CCCC(NC(=O)c2cn(-c3ccc4c(c3)C(=O)N(C3CCC(=O)NC3=O)C4)nn2)C1.O=C(O)C(F)(F)F. The van der Waals surface area contributed by atoms with Crippen molar-refractivity contribution in [3.8, 4) is 18.0 Å². The van der Waals surface area contributed by atoms with Crippen LogP contribution in [0.15, 0.2) is 24.4 Å². The van der Waals surface area contributed by atoms with Gasteiger partial charge in [-0.05, 0) is 43.5 Å². The lowest BCUT2D eigenvalue weighted by Crippen LogP contribution is -2.52. The van der Waals surface area contributed by atoms with Gasteiger partial charge in [0.15, 0.2) is 5.69 Å². The minimum atomic E-state index is -5.08. The first-order chi connectivity index (χ1) is 19.9. The Morgan fingerprint density at radius 1 is 1.21 bits per heavy atom. The molecule has 1 aromatic carbocycles. The average Bonchev–Trinajstić information content (AvgIpc) is 3.54. The van der Waals surface area contributed by atoms with Gasteiger partial charge in [0.1, 0.15) is 6.04 Å². The highest BCUT2D eigenvalue weighted by Gasteiger charge is 2.39. The van der Waals surface area contributed by atoms with Crippen LogP contribution in [0.3, 0.4) is 0 Å². The van der Waals surface area contributed by atoms with E-state index in [-0.39, 0.29) is 35.9 Å². The number of aromatic nitrogens is 3. The summed E-state index contributed by atoms with van der Waals surface area (Å²) in [5.74, 6) is -1.48. The van der Waals surface area contributed by atoms with Gasteiger partial charge in [-0.2, -0.15) is 13.2 Å². The Morgan fingerprint density at radius 2 is 1.95 bits per heavy atom. The molecule has 3 N–H and O–H groups in total. The van der Waals surface area contributed by atoms with Crippen molar-refractivity contribution >= 4 is 29.6 Å². The molecule has 0 radical (unpaired) electrons. The fourth-order valence-corrected chi connectivity index (χ4v) is 4.88. The number of amides is 4. The summed E-state index contributed by atoms with van der Waals surface area (Å²) in [7, 11) is 0. The molecule has 42 heavy (non-hydrogen) atoms. The highest BCUT2D eigenvalue weighted by Crippen LogP contribution is 2.29. The van der Waals surface area contributed by atoms with Crippen LogP contribution in [0.1, 0.15) is 52.1 Å². The number of terminal acetylenes is 1. The van der Waals surface area contributed by atoms with Gasteiger partial charge in [-0.15, -0.1) is 11.5 Å². The molecule has 3 aliphatic rings. The van der Waals surface area contributed by atoms with E-state index < -0.39 is 24.1 Å². The summed E-state index contributed by atoms with van der Waals surface area (Å²) in [5.41, 5.74) is 2.00. The maximum atomic E-state index is 13.0. The molecular weight excluding hydrogens is 563 g/mol. The number of hydrogen-bond donors (Lipinski definition) is 3. The number of carbonyl (C=O) groups is 5. The largest absolute Gasteiger partial charge is 0.490 e. The molecule has 2 unspecified atom stereocenters. The number of piperidine rings is 2. The number of hydrogen-bond acceptors (Lipinski definition) is 8. The van der Waals surface area contributed by atoms with Crippen LogP contribution >= 0.6 is 0 Å². The lowest BCUT2D eigenvalue weighted by molar-refractivity contribution is -0.192. The van der Waals surface area contributed by atoms with Crippen molar-refractivity contribution in [2.75, 3.05) is 19.6 Å². The third-order valence-electron chi connectivity index (χ3n) is 6.90. The number of carboxylic acids is 1. The Bertz CT molecular complexity index is 1450. The van der Waals surface area contributed by atoms with Crippen LogP contribution < -0.4 is 10.6 Å². The van der Waals surface area contributed by atoms with E-state index in [0.717, 1.165) is 24.9 Å². The average molecular weight is 590 g/mol. The van der Waals surface area contributed by atoms with E-state index in [0.29, 0.717) is 37.3 Å². The van der Waals surface area contributed by atoms with Crippen LogP contribution in [0.5, 0.6) is 0 Å². The number of halogens is 3. The number of imide groups is 1. The molecule has 2 atom stereocenters. The van der Waals surface area contributed by atoms with Gasteiger partial charge in [-0.3, -0.25) is 29.4 Å². The molecule has 0 saturated carbocycles. The second-order valence-corrected chi connectivity index (χ2v) is 9.84. The van der Waals surface area contributed by atoms with Crippen molar-refractivity contribution in [3.63, 3.8) is 0 Å². The topological polar surface area (TPSA) is 167 Å². The predicted octanol–water partition coefficient (Wildman–Crippen LogP) is 0.489. The Labute approximate surface area is 237 Å². The Balaban J connectivity index is 0.000000517. The molecule has 2 fully saturated rings. The summed E-state index contributed by atoms with van der Waals surface area (Å²) in [6.45, 7) is 2.47. The van der Waals surface area contributed by atoms with Gasteiger partial charge in [-0.1, -0.05) is 17.2 Å². The van der Waals surface area contributed by atoms with E-state index in [1.807, 2.05) is 0 Å². The van der Waals surface area contributed by atoms with Gasteiger partial charge in [0.25, 0.3) is 11.8 Å². The number of nitrogens with one attached hydrogen (secondary N) is 2. The van der Waals surface area contributed by atoms with E-state index in [1.165, 1.54) is 15.8 Å². The highest BCUT2D eigenvalue weighted by molar-refractivity contribution is 6.05. The quantitative estimate of drug-likeness (QED) is 0.332. The minimum absolute atomic E-state index is 0.00868. The predicted molar refractivity (Wildman–Crippen MR) is 137 cm³/mol. The van der Waals surface area contributed by atoms with Gasteiger partial charge in [0.05, 0.1) is 18.4 Å². The number of fused-ring (bicyclic) bond motifs is 1. The normalized spacial score (nSPS) is 20.6. The molecule has 4 heterocycles. The molecule has 1 aromatic heterocycles. The smallest absolute Gasteiger partial charge is 0.475 e. The fraction of sp³-hybridized carbons (Fsp3) is 0.423. The number of aliphatic carboxylic acids is 1. The van der Waals surface area contributed by atoms with Crippen LogP contribution in [0.2, 0.25) is 0 Å². The number of carbonyl (C=O) groups excluding carboxylic acids is 4. The van der Waals surface area contributed by atoms with Crippen molar-refractivity contribution in [3.05, 3.63) is 41.2 Å². The molecule has 16 heteroatoms. The van der Waals surface area contributed by atoms with E-state index >= 15 is 0 Å². The number of alkyl halides is 3. The van der Waals surface area contributed by atoms with Crippen LogP contribution in [-0.2, 0) is 20.9 Å². The van der Waals surface area contributed by atoms with Gasteiger partial charge in [0, 0.05) is 31.1 Å². The molecule has 0 aliphatic carbocycles. The Morgan fingerprint density at radius 3 is 2.62 bits per heavy atom. The monoisotopic (exact) mass is 589 g/mol. The van der Waals surface area contributed by atoms with E-state index in [9.17, 15) is 32.3 Å². The van der Waals surface area contributed by atoms with Crippen molar-refractivity contribution in [2.45, 2.75) is 50.5 Å². The zero-order valence-electron chi connectivity index (χ0n) is 22.1. The number of likely N-dealkylation sites (tertiary alicyclic amines) is 1. The van der Waals surface area contributed by atoms with Crippen LogP contribution in [0, 0.1) is 12.3 Å². The molecular formula is C26H26F3N7O6. The highest BCUT2D eigenvalue weighted by atomic mass is 19.4. The second-order valence-electron chi connectivity index (χ2n) is 9.84. The van der Waals surface area contributed by atoms with E-state index in [1.54, 1.807) is 18.2 Å². The molecule has 5 rings (SSSR count). The number of rotatable bonds is 5. The van der Waals surface area contributed by atoms with Gasteiger partial charge in [-0.25, -0.2) is 9.48 Å². The van der Waals surface area contributed by atoms with Crippen molar-refractivity contribution in [1.82, 2.24) is 35.4 Å². The van der Waals surface area contributed by atoms with Crippen LogP contribution in [0.25, 0.3) is 5.69 Å². The lowest BCUT2D eigenvalue weighted by atomic mass is 10.0. The van der Waals surface area contributed by atoms with Gasteiger partial charge < -0.3 is 15.3 Å². The van der Waals surface area contributed by atoms with Crippen molar-refractivity contribution in [2.24, 2.45) is 0 Å². The Kier molecular flexibility index (Phi) is 8.90. The molecule has 222 valence electrons. The van der Waals surface area contributed by atoms with Crippen molar-refractivity contribution in [1.29, 1.82) is 0 Å². The van der Waals surface area contributed by atoms with Crippen molar-refractivity contribution < 1.29 is 42.3 Å². The van der Waals surface area contributed by atoms with Crippen LogP contribution in [0.4, 0.5) is 13.2 Å². The summed E-state index contributed by atoms with van der Waals surface area (Å²) < 4.78 is 33.2. The van der Waals surface area contributed by atoms with Crippen LogP contribution in [-0.4, -0.2) is 97.4 Å². The molecule has 2 saturated heterocycles. The first-order valence-corrected chi connectivity index (χ1v) is 12.8. The molecule has 4 amide bonds. The first-order valence-electron chi connectivity index (χ1n) is 12.8.